The van der Waals surface area contributed by atoms with Gasteiger partial charge in [-0.1, -0.05) is 18.2 Å². The number of hydrogen-bond donors (Lipinski definition) is 1. The smallest absolute Gasteiger partial charge is 0.243 e. The summed E-state index contributed by atoms with van der Waals surface area (Å²) in [6, 6.07) is 13.3. The molecule has 1 aliphatic carbocycles. The molecule has 3 aromatic rings. The summed E-state index contributed by atoms with van der Waals surface area (Å²) in [5, 5.41) is 7.09. The summed E-state index contributed by atoms with van der Waals surface area (Å²) in [5.74, 6) is -0.198. The Kier molecular flexibility index (Phi) is 5.99. The maximum atomic E-state index is 13.1. The topological polar surface area (TPSA) is 97.2 Å². The fourth-order valence-corrected chi connectivity index (χ4v) is 6.18. The Morgan fingerprint density at radius 2 is 1.79 bits per heavy atom. The van der Waals surface area contributed by atoms with Crippen LogP contribution in [0.25, 0.3) is 5.69 Å². The van der Waals surface area contributed by atoms with Gasteiger partial charge in [-0.15, -0.1) is 0 Å². The molecule has 5 rings (SSSR count). The molecule has 33 heavy (non-hydrogen) atoms. The van der Waals surface area contributed by atoms with E-state index in [0.29, 0.717) is 37.4 Å². The van der Waals surface area contributed by atoms with Crippen molar-refractivity contribution in [3.05, 3.63) is 71.8 Å². The van der Waals surface area contributed by atoms with E-state index in [1.54, 1.807) is 17.1 Å². The standard InChI is InChI=1S/C24H27N5O3S/c30-24(26-15-18-4-7-22(8-5-18)29-17-25-16-27-29)20-10-12-28(13-11-20)33(31,32)23-9-6-19-2-1-3-21(19)14-23/h4-9,14,16-17,20H,1-3,10-13,15H2,(H,26,30). The number of nitrogens with one attached hydrogen (secondary N) is 1. The normalized spacial score (nSPS) is 17.1. The Labute approximate surface area is 193 Å². The quantitative estimate of drug-likeness (QED) is 0.603. The molecule has 1 aromatic heterocycles. The molecule has 8 nitrogen and oxygen atoms in total. The lowest BCUT2D eigenvalue weighted by Crippen LogP contribution is -2.42. The molecule has 1 saturated heterocycles. The molecular weight excluding hydrogens is 438 g/mol. The molecule has 0 unspecified atom stereocenters. The van der Waals surface area contributed by atoms with Crippen LogP contribution in [-0.2, 0) is 34.2 Å². The predicted octanol–water partition coefficient (Wildman–Crippen LogP) is 2.47. The van der Waals surface area contributed by atoms with Gasteiger partial charge in [0.2, 0.25) is 15.9 Å². The molecule has 1 N–H and O–H groups in total. The van der Waals surface area contributed by atoms with Gasteiger partial charge in [-0.25, -0.2) is 18.1 Å². The summed E-state index contributed by atoms with van der Waals surface area (Å²) >= 11 is 0. The summed E-state index contributed by atoms with van der Waals surface area (Å²) in [4.78, 5) is 17.0. The minimum atomic E-state index is -3.52. The van der Waals surface area contributed by atoms with E-state index < -0.39 is 10.0 Å². The zero-order chi connectivity index (χ0) is 22.8. The summed E-state index contributed by atoms with van der Waals surface area (Å²) in [7, 11) is -3.52. The maximum Gasteiger partial charge on any atom is 0.243 e. The monoisotopic (exact) mass is 465 g/mol. The number of piperidine rings is 1. The molecule has 0 bridgehead atoms. The highest BCUT2D eigenvalue weighted by molar-refractivity contribution is 7.89. The van der Waals surface area contributed by atoms with Crippen LogP contribution in [0.15, 0.2) is 60.0 Å². The molecule has 1 fully saturated rings. The van der Waals surface area contributed by atoms with Crippen LogP contribution in [0.3, 0.4) is 0 Å². The van der Waals surface area contributed by atoms with Crippen molar-refractivity contribution in [2.24, 2.45) is 5.92 Å². The van der Waals surface area contributed by atoms with Crippen LogP contribution in [0.5, 0.6) is 0 Å². The van der Waals surface area contributed by atoms with Gasteiger partial charge in [-0.05, 0) is 73.1 Å². The third kappa shape index (κ3) is 4.56. The van der Waals surface area contributed by atoms with Crippen molar-refractivity contribution in [3.63, 3.8) is 0 Å². The number of aryl methyl sites for hydroxylation is 2. The van der Waals surface area contributed by atoms with Gasteiger partial charge >= 0.3 is 0 Å². The van der Waals surface area contributed by atoms with Crippen molar-refractivity contribution in [1.82, 2.24) is 24.4 Å². The maximum absolute atomic E-state index is 13.1. The Balaban J connectivity index is 1.14. The van der Waals surface area contributed by atoms with Crippen molar-refractivity contribution < 1.29 is 13.2 Å². The van der Waals surface area contributed by atoms with Crippen molar-refractivity contribution >= 4 is 15.9 Å². The second-order valence-electron chi connectivity index (χ2n) is 8.69. The van der Waals surface area contributed by atoms with Crippen LogP contribution in [0.4, 0.5) is 0 Å². The number of fused-ring (bicyclic) bond motifs is 1. The van der Waals surface area contributed by atoms with Crippen LogP contribution in [-0.4, -0.2) is 46.5 Å². The van der Waals surface area contributed by atoms with E-state index in [1.165, 1.54) is 16.2 Å². The number of carbonyl (C=O) groups excluding carboxylic acids is 1. The number of benzene rings is 2. The molecule has 2 aromatic carbocycles. The zero-order valence-electron chi connectivity index (χ0n) is 18.4. The lowest BCUT2D eigenvalue weighted by molar-refractivity contribution is -0.126. The van der Waals surface area contributed by atoms with Gasteiger partial charge < -0.3 is 5.32 Å². The lowest BCUT2D eigenvalue weighted by Gasteiger charge is -2.30. The Morgan fingerprint density at radius 1 is 1.03 bits per heavy atom. The number of nitrogens with zero attached hydrogens (tertiary/aromatic N) is 4. The third-order valence-corrected chi connectivity index (χ3v) is 8.51. The minimum absolute atomic E-state index is 0.0232. The Morgan fingerprint density at radius 3 is 2.52 bits per heavy atom. The molecule has 0 atom stereocenters. The minimum Gasteiger partial charge on any atom is -0.352 e. The summed E-state index contributed by atoms with van der Waals surface area (Å²) in [6.45, 7) is 1.17. The highest BCUT2D eigenvalue weighted by atomic mass is 32.2. The fraction of sp³-hybridized carbons (Fsp3) is 0.375. The van der Waals surface area contributed by atoms with Gasteiger partial charge in [0.25, 0.3) is 0 Å². The van der Waals surface area contributed by atoms with E-state index in [2.05, 4.69) is 15.4 Å². The lowest BCUT2D eigenvalue weighted by atomic mass is 9.97. The van der Waals surface area contributed by atoms with Gasteiger partial charge in [0.1, 0.15) is 12.7 Å². The first-order chi connectivity index (χ1) is 16.0. The van der Waals surface area contributed by atoms with Crippen LogP contribution in [0.1, 0.15) is 36.0 Å². The molecule has 172 valence electrons. The zero-order valence-corrected chi connectivity index (χ0v) is 19.2. The molecule has 0 spiro atoms. The van der Waals surface area contributed by atoms with Gasteiger partial charge in [-0.2, -0.15) is 9.40 Å². The number of aromatic nitrogens is 3. The van der Waals surface area contributed by atoms with E-state index in [-0.39, 0.29) is 11.8 Å². The van der Waals surface area contributed by atoms with Crippen molar-refractivity contribution in [1.29, 1.82) is 0 Å². The van der Waals surface area contributed by atoms with E-state index in [4.69, 9.17) is 0 Å². The first kappa shape index (κ1) is 21.8. The number of hydrogen-bond acceptors (Lipinski definition) is 5. The van der Waals surface area contributed by atoms with Crippen molar-refractivity contribution in [2.45, 2.75) is 43.5 Å². The van der Waals surface area contributed by atoms with Crippen molar-refractivity contribution in [2.75, 3.05) is 13.1 Å². The SMILES string of the molecule is O=C(NCc1ccc(-n2cncn2)cc1)C1CCN(S(=O)(=O)c2ccc3c(c2)CCC3)CC1. The van der Waals surface area contributed by atoms with E-state index >= 15 is 0 Å². The highest BCUT2D eigenvalue weighted by Crippen LogP contribution is 2.28. The third-order valence-electron chi connectivity index (χ3n) is 6.62. The summed E-state index contributed by atoms with van der Waals surface area (Å²) < 4.78 is 29.4. The second kappa shape index (κ2) is 9.07. The van der Waals surface area contributed by atoms with Crippen molar-refractivity contribution in [3.8, 4) is 5.69 Å². The molecule has 1 amide bonds. The van der Waals surface area contributed by atoms with Gasteiger partial charge in [0.05, 0.1) is 10.6 Å². The molecule has 1 aliphatic heterocycles. The van der Waals surface area contributed by atoms with Gasteiger partial charge in [0.15, 0.2) is 0 Å². The second-order valence-corrected chi connectivity index (χ2v) is 10.6. The largest absolute Gasteiger partial charge is 0.352 e. The van der Waals surface area contributed by atoms with Gasteiger partial charge in [-0.3, -0.25) is 4.79 Å². The Bertz CT molecular complexity index is 1230. The molecule has 9 heteroatoms. The number of amides is 1. The average molecular weight is 466 g/mol. The molecule has 2 heterocycles. The summed E-state index contributed by atoms with van der Waals surface area (Å²) in [5.41, 5.74) is 4.31. The summed E-state index contributed by atoms with van der Waals surface area (Å²) in [6.07, 6.45) is 7.24. The van der Waals surface area contributed by atoms with Crippen LogP contribution >= 0.6 is 0 Å². The number of carbonyl (C=O) groups is 1. The van der Waals surface area contributed by atoms with E-state index in [0.717, 1.165) is 36.1 Å². The van der Waals surface area contributed by atoms with Gasteiger partial charge in [0, 0.05) is 25.6 Å². The van der Waals surface area contributed by atoms with Crippen LogP contribution < -0.4 is 5.32 Å². The number of rotatable bonds is 6. The first-order valence-corrected chi connectivity index (χ1v) is 12.8. The molecule has 0 saturated carbocycles. The molecule has 0 radical (unpaired) electrons. The van der Waals surface area contributed by atoms with E-state index in [1.807, 2.05) is 36.4 Å². The fourth-order valence-electron chi connectivity index (χ4n) is 4.66. The van der Waals surface area contributed by atoms with Crippen LogP contribution in [0.2, 0.25) is 0 Å². The Hall–Kier alpha value is -3.04. The highest BCUT2D eigenvalue weighted by Gasteiger charge is 2.32. The van der Waals surface area contributed by atoms with E-state index in [9.17, 15) is 13.2 Å². The average Bonchev–Trinajstić information content (AvgIpc) is 3.55. The first-order valence-electron chi connectivity index (χ1n) is 11.3. The van der Waals surface area contributed by atoms with Crippen LogP contribution in [0, 0.1) is 5.92 Å². The number of sulfonamides is 1. The molecular formula is C24H27N5O3S. The molecule has 2 aliphatic rings. The predicted molar refractivity (Wildman–Crippen MR) is 123 cm³/mol.